The Morgan fingerprint density at radius 3 is 2.60 bits per heavy atom. The molecule has 0 N–H and O–H groups in total. The van der Waals surface area contributed by atoms with Gasteiger partial charge in [0, 0.05) is 0 Å². The van der Waals surface area contributed by atoms with Crippen LogP contribution in [-0.4, -0.2) is 5.97 Å². The Kier molecular flexibility index (Phi) is 4.37. The molecule has 1 saturated carbocycles. The molecule has 2 nitrogen and oxygen atoms in total. The van der Waals surface area contributed by atoms with Crippen LogP contribution >= 0.6 is 0 Å². The first kappa shape index (κ1) is 12.3. The van der Waals surface area contributed by atoms with Crippen molar-refractivity contribution in [3.8, 4) is 0 Å². The van der Waals surface area contributed by atoms with Crippen molar-refractivity contribution in [3.05, 3.63) is 12.2 Å². The fourth-order valence-corrected chi connectivity index (χ4v) is 2.08. The normalized spacial score (nSPS) is 23.2. The van der Waals surface area contributed by atoms with Crippen LogP contribution in [0.3, 0.4) is 0 Å². The summed E-state index contributed by atoms with van der Waals surface area (Å²) in [5.74, 6) is -0.147. The minimum Gasteiger partial charge on any atom is -0.545 e. The number of hydrogen-bond acceptors (Lipinski definition) is 2. The lowest BCUT2D eigenvalue weighted by atomic mass is 10.0. The summed E-state index contributed by atoms with van der Waals surface area (Å²) in [5.41, 5.74) is 0.606. The van der Waals surface area contributed by atoms with Gasteiger partial charge in [0.15, 0.2) is 0 Å². The van der Waals surface area contributed by atoms with Gasteiger partial charge in [0.1, 0.15) is 0 Å². The zero-order chi connectivity index (χ0) is 11.3. The summed E-state index contributed by atoms with van der Waals surface area (Å²) in [5, 5.41) is 10.1. The molecule has 15 heavy (non-hydrogen) atoms. The molecule has 2 heteroatoms. The van der Waals surface area contributed by atoms with Crippen LogP contribution < -0.4 is 5.11 Å². The molecule has 0 saturated heterocycles. The van der Waals surface area contributed by atoms with Crippen molar-refractivity contribution in [2.75, 3.05) is 0 Å². The molecule has 1 unspecified atom stereocenters. The van der Waals surface area contributed by atoms with Gasteiger partial charge in [-0.25, -0.2) is 0 Å². The van der Waals surface area contributed by atoms with Crippen molar-refractivity contribution < 1.29 is 9.90 Å². The first-order valence-corrected chi connectivity index (χ1v) is 5.90. The van der Waals surface area contributed by atoms with E-state index in [-0.39, 0.29) is 0 Å². The second kappa shape index (κ2) is 5.34. The molecule has 86 valence electrons. The fraction of sp³-hybridized carbons (Fsp3) is 0.769. The van der Waals surface area contributed by atoms with Gasteiger partial charge in [-0.05, 0) is 43.1 Å². The van der Waals surface area contributed by atoms with Gasteiger partial charge in [-0.15, -0.1) is 0 Å². The van der Waals surface area contributed by atoms with E-state index in [0.29, 0.717) is 5.41 Å². The number of carboxylic acids is 1. The smallest absolute Gasteiger partial charge is 0.0639 e. The maximum absolute atomic E-state index is 10.1. The molecule has 0 aromatic heterocycles. The van der Waals surface area contributed by atoms with Crippen LogP contribution in [-0.2, 0) is 4.79 Å². The Bertz CT molecular complexity index is 241. The van der Waals surface area contributed by atoms with E-state index in [1.54, 1.807) is 6.08 Å². The molecule has 0 aromatic rings. The lowest BCUT2D eigenvalue weighted by Gasteiger charge is -2.02. The van der Waals surface area contributed by atoms with Crippen LogP contribution in [0.25, 0.3) is 0 Å². The third-order valence-electron chi connectivity index (χ3n) is 3.39. The maximum Gasteiger partial charge on any atom is 0.0639 e. The molecule has 0 heterocycles. The first-order chi connectivity index (χ1) is 7.02. The van der Waals surface area contributed by atoms with Crippen molar-refractivity contribution in [1.82, 2.24) is 0 Å². The van der Waals surface area contributed by atoms with E-state index in [4.69, 9.17) is 0 Å². The molecular formula is C13H21O2-. The summed E-state index contributed by atoms with van der Waals surface area (Å²) >= 11 is 0. The van der Waals surface area contributed by atoms with Gasteiger partial charge in [0.25, 0.3) is 0 Å². The third-order valence-corrected chi connectivity index (χ3v) is 3.39. The standard InChI is InChI=1S/C13H22O2/c1-13(2)10-11(13)8-6-4-3-5-7-9-12(14)15/h7,9,11H,3-6,8,10H2,1-2H3,(H,14,15)/p-1/b9-7+. The monoisotopic (exact) mass is 209 g/mol. The predicted molar refractivity (Wildman–Crippen MR) is 59.1 cm³/mol. The SMILES string of the molecule is CC1(C)CC1CCCCC/C=C/C(=O)[O-]. The van der Waals surface area contributed by atoms with E-state index >= 15 is 0 Å². The highest BCUT2D eigenvalue weighted by Gasteiger charge is 2.44. The Hall–Kier alpha value is -0.790. The highest BCUT2D eigenvalue weighted by molar-refractivity contribution is 5.77. The summed E-state index contributed by atoms with van der Waals surface area (Å²) in [4.78, 5) is 10.1. The van der Waals surface area contributed by atoms with Crippen LogP contribution in [0.15, 0.2) is 12.2 Å². The van der Waals surface area contributed by atoms with Crippen LogP contribution in [0.1, 0.15) is 52.4 Å². The maximum atomic E-state index is 10.1. The van der Waals surface area contributed by atoms with Gasteiger partial charge in [0.2, 0.25) is 0 Å². The van der Waals surface area contributed by atoms with Crippen molar-refractivity contribution in [2.45, 2.75) is 52.4 Å². The van der Waals surface area contributed by atoms with Gasteiger partial charge in [-0.1, -0.05) is 32.8 Å². The summed E-state index contributed by atoms with van der Waals surface area (Å²) in [6.07, 6.45) is 10.0. The van der Waals surface area contributed by atoms with Crippen molar-refractivity contribution >= 4 is 5.97 Å². The lowest BCUT2D eigenvalue weighted by molar-refractivity contribution is -0.297. The van der Waals surface area contributed by atoms with Crippen LogP contribution in [0.5, 0.6) is 0 Å². The van der Waals surface area contributed by atoms with E-state index in [9.17, 15) is 9.90 Å². The molecular weight excluding hydrogens is 188 g/mol. The molecule has 1 atom stereocenters. The molecule has 1 aliphatic rings. The molecule has 1 fully saturated rings. The van der Waals surface area contributed by atoms with Gasteiger partial charge in [-0.3, -0.25) is 0 Å². The van der Waals surface area contributed by atoms with Gasteiger partial charge in [0.05, 0.1) is 5.97 Å². The average molecular weight is 209 g/mol. The van der Waals surface area contributed by atoms with Crippen LogP contribution in [0.2, 0.25) is 0 Å². The Labute approximate surface area is 92.4 Å². The minimum absolute atomic E-state index is 0.606. The van der Waals surface area contributed by atoms with Crippen molar-refractivity contribution in [2.24, 2.45) is 11.3 Å². The Balaban J connectivity index is 1.88. The van der Waals surface area contributed by atoms with Gasteiger partial charge < -0.3 is 9.90 Å². The van der Waals surface area contributed by atoms with Gasteiger partial charge in [-0.2, -0.15) is 0 Å². The van der Waals surface area contributed by atoms with Gasteiger partial charge >= 0.3 is 0 Å². The highest BCUT2D eigenvalue weighted by atomic mass is 16.4. The molecule has 0 aromatic carbocycles. The Morgan fingerprint density at radius 1 is 1.40 bits per heavy atom. The number of aliphatic carboxylic acids is 1. The Morgan fingerprint density at radius 2 is 2.07 bits per heavy atom. The molecule has 0 radical (unpaired) electrons. The molecule has 1 rings (SSSR count). The predicted octanol–water partition coefficient (Wildman–Crippen LogP) is 2.29. The zero-order valence-corrected chi connectivity index (χ0v) is 9.79. The highest BCUT2D eigenvalue weighted by Crippen LogP contribution is 2.54. The number of unbranched alkanes of at least 4 members (excludes halogenated alkanes) is 3. The second-order valence-corrected chi connectivity index (χ2v) is 5.25. The number of carbonyl (C=O) groups is 1. The van der Waals surface area contributed by atoms with Crippen LogP contribution in [0, 0.1) is 11.3 Å². The third kappa shape index (κ3) is 5.01. The molecule has 0 aliphatic heterocycles. The summed E-state index contributed by atoms with van der Waals surface area (Å²) in [6.45, 7) is 4.67. The molecule has 0 amide bonds. The van der Waals surface area contributed by atoms with Crippen LogP contribution in [0.4, 0.5) is 0 Å². The zero-order valence-electron chi connectivity index (χ0n) is 9.79. The van der Waals surface area contributed by atoms with E-state index in [1.807, 2.05) is 0 Å². The lowest BCUT2D eigenvalue weighted by Crippen LogP contribution is -2.18. The molecule has 0 bridgehead atoms. The largest absolute Gasteiger partial charge is 0.545 e. The summed E-state index contributed by atoms with van der Waals surface area (Å²) in [6, 6.07) is 0. The number of allylic oxidation sites excluding steroid dienone is 1. The van der Waals surface area contributed by atoms with E-state index < -0.39 is 5.97 Å². The summed E-state index contributed by atoms with van der Waals surface area (Å²) < 4.78 is 0. The topological polar surface area (TPSA) is 40.1 Å². The minimum atomic E-state index is -1.09. The number of carboxylic acid groups (broad SMARTS) is 1. The van der Waals surface area contributed by atoms with E-state index in [0.717, 1.165) is 24.8 Å². The number of hydrogen-bond donors (Lipinski definition) is 0. The summed E-state index contributed by atoms with van der Waals surface area (Å²) in [7, 11) is 0. The molecule has 1 aliphatic carbocycles. The second-order valence-electron chi connectivity index (χ2n) is 5.25. The average Bonchev–Trinajstić information content (AvgIpc) is 2.72. The molecule has 0 spiro atoms. The van der Waals surface area contributed by atoms with Crippen molar-refractivity contribution in [3.63, 3.8) is 0 Å². The van der Waals surface area contributed by atoms with E-state index in [2.05, 4.69) is 13.8 Å². The van der Waals surface area contributed by atoms with E-state index in [1.165, 1.54) is 25.7 Å². The quantitative estimate of drug-likeness (QED) is 0.477. The number of carbonyl (C=O) groups excluding carboxylic acids is 1. The fourth-order valence-electron chi connectivity index (χ4n) is 2.08. The number of rotatable bonds is 7. The van der Waals surface area contributed by atoms with Crippen molar-refractivity contribution in [1.29, 1.82) is 0 Å². The first-order valence-electron chi connectivity index (χ1n) is 5.90.